The number of benzene rings is 1. The van der Waals surface area contributed by atoms with Crippen molar-refractivity contribution in [3.8, 4) is 0 Å². The zero-order valence-corrected chi connectivity index (χ0v) is 17.2. The Morgan fingerprint density at radius 2 is 1.66 bits per heavy atom. The molecule has 1 aromatic carbocycles. The molecule has 10 heteroatoms. The van der Waals surface area contributed by atoms with Crippen LogP contribution in [0.2, 0.25) is 0 Å². The number of hydrogen-bond acceptors (Lipinski definition) is 6. The Bertz CT molecular complexity index is 882. The maximum atomic E-state index is 13.9. The van der Waals surface area contributed by atoms with Gasteiger partial charge < -0.3 is 19.4 Å². The average Bonchev–Trinajstić information content (AvgIpc) is 2.75. The molecule has 2 saturated heterocycles. The van der Waals surface area contributed by atoms with Crippen LogP contribution in [0.4, 0.5) is 20.5 Å². The summed E-state index contributed by atoms with van der Waals surface area (Å²) < 4.78 is 34.0. The Kier molecular flexibility index (Phi) is 5.91. The molecule has 0 radical (unpaired) electrons. The number of rotatable bonds is 3. The van der Waals surface area contributed by atoms with Crippen molar-refractivity contribution in [3.05, 3.63) is 46.1 Å². The summed E-state index contributed by atoms with van der Waals surface area (Å²) in [6, 6.07) is 3.44. The molecule has 7 nitrogen and oxygen atoms in total. The Morgan fingerprint density at radius 1 is 1.00 bits per heavy atom. The first kappa shape index (κ1) is 20.0. The zero-order chi connectivity index (χ0) is 20.4. The number of anilines is 2. The van der Waals surface area contributed by atoms with Gasteiger partial charge >= 0.3 is 0 Å². The van der Waals surface area contributed by atoms with Gasteiger partial charge in [-0.15, -0.1) is 0 Å². The molecule has 0 bridgehead atoms. The summed E-state index contributed by atoms with van der Waals surface area (Å²) in [6.45, 7) is 4.44. The lowest BCUT2D eigenvalue weighted by molar-refractivity contribution is 0.0736. The van der Waals surface area contributed by atoms with Crippen molar-refractivity contribution >= 4 is 33.6 Å². The number of carbonyl (C=O) groups excluding carboxylic acids is 1. The van der Waals surface area contributed by atoms with E-state index >= 15 is 0 Å². The van der Waals surface area contributed by atoms with Gasteiger partial charge in [0.2, 0.25) is 5.95 Å². The Balaban J connectivity index is 1.46. The number of aromatic nitrogens is 2. The third-order valence-corrected chi connectivity index (χ3v) is 5.61. The molecule has 2 aliphatic heterocycles. The van der Waals surface area contributed by atoms with Gasteiger partial charge in [0, 0.05) is 45.5 Å². The number of hydrogen-bond donors (Lipinski definition) is 0. The van der Waals surface area contributed by atoms with E-state index in [9.17, 15) is 13.6 Å². The molecule has 3 heterocycles. The van der Waals surface area contributed by atoms with Crippen LogP contribution in [0.1, 0.15) is 10.4 Å². The number of halogens is 3. The van der Waals surface area contributed by atoms with Crippen molar-refractivity contribution in [2.45, 2.75) is 0 Å². The number of ether oxygens (including phenoxy) is 1. The number of nitrogens with zero attached hydrogens (tertiary/aromatic N) is 5. The van der Waals surface area contributed by atoms with Crippen molar-refractivity contribution in [1.82, 2.24) is 14.9 Å². The highest BCUT2D eigenvalue weighted by Crippen LogP contribution is 2.27. The number of piperazine rings is 1. The fraction of sp³-hybridized carbons (Fsp3) is 0.421. The van der Waals surface area contributed by atoms with Crippen LogP contribution in [0.3, 0.4) is 0 Å². The lowest BCUT2D eigenvalue weighted by atomic mass is 10.1. The molecule has 154 valence electrons. The largest absolute Gasteiger partial charge is 0.378 e. The second-order valence-corrected chi connectivity index (χ2v) is 7.67. The van der Waals surface area contributed by atoms with Crippen molar-refractivity contribution in [1.29, 1.82) is 0 Å². The van der Waals surface area contributed by atoms with Gasteiger partial charge in [-0.1, -0.05) is 6.07 Å². The molecule has 4 rings (SSSR count). The van der Waals surface area contributed by atoms with Crippen molar-refractivity contribution in [3.63, 3.8) is 0 Å². The topological polar surface area (TPSA) is 61.8 Å². The number of amides is 1. The second kappa shape index (κ2) is 8.58. The van der Waals surface area contributed by atoms with E-state index in [0.29, 0.717) is 45.3 Å². The minimum absolute atomic E-state index is 0.343. The van der Waals surface area contributed by atoms with E-state index in [4.69, 9.17) is 9.72 Å². The fourth-order valence-electron chi connectivity index (χ4n) is 3.47. The van der Waals surface area contributed by atoms with Gasteiger partial charge in [-0.05, 0) is 28.1 Å². The summed E-state index contributed by atoms with van der Waals surface area (Å²) in [5.74, 6) is -0.933. The predicted octanol–water partition coefficient (Wildman–Crippen LogP) is 2.32. The Morgan fingerprint density at radius 3 is 2.31 bits per heavy atom. The molecule has 0 atom stereocenters. The SMILES string of the molecule is O=C(c1c(F)cccc1F)N1CCN(c2nc(N3CCOCC3)ncc2Br)CC1. The second-order valence-electron chi connectivity index (χ2n) is 6.82. The maximum Gasteiger partial charge on any atom is 0.259 e. The first-order valence-electron chi connectivity index (χ1n) is 9.38. The molecule has 2 aliphatic rings. The smallest absolute Gasteiger partial charge is 0.259 e. The van der Waals surface area contributed by atoms with Gasteiger partial charge in [0.05, 0.1) is 17.7 Å². The number of carbonyl (C=O) groups is 1. The summed E-state index contributed by atoms with van der Waals surface area (Å²) in [6.07, 6.45) is 1.72. The highest BCUT2D eigenvalue weighted by Gasteiger charge is 2.28. The average molecular weight is 468 g/mol. The Labute approximate surface area is 175 Å². The van der Waals surface area contributed by atoms with E-state index in [0.717, 1.165) is 35.5 Å². The summed E-state index contributed by atoms with van der Waals surface area (Å²) >= 11 is 3.50. The quantitative estimate of drug-likeness (QED) is 0.690. The van der Waals surface area contributed by atoms with Gasteiger partial charge in [-0.2, -0.15) is 4.98 Å². The van der Waals surface area contributed by atoms with Crippen molar-refractivity contribution < 1.29 is 18.3 Å². The van der Waals surface area contributed by atoms with E-state index in [2.05, 4.69) is 25.8 Å². The molecular formula is C19H20BrF2N5O2. The van der Waals surface area contributed by atoms with Gasteiger partial charge in [0.25, 0.3) is 5.91 Å². The summed E-state index contributed by atoms with van der Waals surface area (Å²) in [5, 5.41) is 0. The van der Waals surface area contributed by atoms with Crippen LogP contribution in [-0.4, -0.2) is 73.3 Å². The van der Waals surface area contributed by atoms with E-state index in [1.165, 1.54) is 11.0 Å². The van der Waals surface area contributed by atoms with E-state index in [1.807, 2.05) is 4.90 Å². The monoisotopic (exact) mass is 467 g/mol. The normalized spacial score (nSPS) is 17.6. The zero-order valence-electron chi connectivity index (χ0n) is 15.7. The molecule has 0 saturated carbocycles. The van der Waals surface area contributed by atoms with Crippen LogP contribution in [0.5, 0.6) is 0 Å². The van der Waals surface area contributed by atoms with Crippen LogP contribution >= 0.6 is 15.9 Å². The third-order valence-electron chi connectivity index (χ3n) is 5.05. The third kappa shape index (κ3) is 4.18. The minimum Gasteiger partial charge on any atom is -0.378 e. The highest BCUT2D eigenvalue weighted by atomic mass is 79.9. The standard InChI is InChI=1S/C19H20BrF2N5O2/c20-13-12-23-19(27-8-10-29-11-9-27)24-17(13)25-4-6-26(7-5-25)18(28)16-14(21)2-1-3-15(16)22/h1-3,12H,4-11H2. The van der Waals surface area contributed by atoms with Crippen LogP contribution < -0.4 is 9.80 Å². The van der Waals surface area contributed by atoms with Gasteiger partial charge in [0.15, 0.2) is 0 Å². The van der Waals surface area contributed by atoms with Crippen molar-refractivity contribution in [2.75, 3.05) is 62.3 Å². The predicted molar refractivity (Wildman–Crippen MR) is 107 cm³/mol. The summed E-state index contributed by atoms with van der Waals surface area (Å²) in [4.78, 5) is 27.3. The lowest BCUT2D eigenvalue weighted by Crippen LogP contribution is -2.49. The molecule has 1 amide bonds. The van der Waals surface area contributed by atoms with Gasteiger partial charge in [-0.25, -0.2) is 13.8 Å². The van der Waals surface area contributed by atoms with Gasteiger partial charge in [-0.3, -0.25) is 4.79 Å². The molecule has 0 N–H and O–H groups in total. The Hall–Kier alpha value is -2.33. The summed E-state index contributed by atoms with van der Waals surface area (Å²) in [5.41, 5.74) is -0.501. The first-order chi connectivity index (χ1) is 14.0. The number of morpholine rings is 1. The minimum atomic E-state index is -0.842. The highest BCUT2D eigenvalue weighted by molar-refractivity contribution is 9.10. The lowest BCUT2D eigenvalue weighted by Gasteiger charge is -2.36. The van der Waals surface area contributed by atoms with Crippen LogP contribution in [0.25, 0.3) is 0 Å². The van der Waals surface area contributed by atoms with Crippen molar-refractivity contribution in [2.24, 2.45) is 0 Å². The molecule has 29 heavy (non-hydrogen) atoms. The van der Waals surface area contributed by atoms with E-state index in [1.54, 1.807) is 6.20 Å². The first-order valence-corrected chi connectivity index (χ1v) is 10.2. The maximum absolute atomic E-state index is 13.9. The molecular weight excluding hydrogens is 448 g/mol. The van der Waals surface area contributed by atoms with Gasteiger partial charge in [0.1, 0.15) is 23.0 Å². The van der Waals surface area contributed by atoms with E-state index in [-0.39, 0.29) is 0 Å². The molecule has 0 spiro atoms. The molecule has 2 aromatic rings. The van der Waals surface area contributed by atoms with Crippen LogP contribution in [-0.2, 0) is 4.74 Å². The van der Waals surface area contributed by atoms with E-state index < -0.39 is 23.1 Å². The molecule has 2 fully saturated rings. The summed E-state index contributed by atoms with van der Waals surface area (Å²) in [7, 11) is 0. The fourth-order valence-corrected chi connectivity index (χ4v) is 3.91. The molecule has 0 unspecified atom stereocenters. The van der Waals surface area contributed by atoms with Crippen LogP contribution in [0, 0.1) is 11.6 Å². The molecule has 0 aliphatic carbocycles. The van der Waals surface area contributed by atoms with Crippen LogP contribution in [0.15, 0.2) is 28.9 Å². The molecule has 1 aromatic heterocycles.